The Morgan fingerprint density at radius 1 is 0.976 bits per heavy atom. The van der Waals surface area contributed by atoms with Crippen LogP contribution in [0.15, 0.2) is 94.8 Å². The number of hydrogen-bond donors (Lipinski definition) is 0. The fourth-order valence-electron chi connectivity index (χ4n) is 5.91. The zero-order valence-electron chi connectivity index (χ0n) is 24.8. The molecule has 0 spiro atoms. The first-order chi connectivity index (χ1) is 20.0. The van der Waals surface area contributed by atoms with Crippen molar-refractivity contribution in [2.45, 2.75) is 57.1 Å². The van der Waals surface area contributed by atoms with Gasteiger partial charge in [0.25, 0.3) is 8.32 Å². The van der Waals surface area contributed by atoms with Gasteiger partial charge in [-0.15, -0.1) is 17.8 Å². The summed E-state index contributed by atoms with van der Waals surface area (Å²) < 4.78 is 8.22. The van der Waals surface area contributed by atoms with Crippen molar-refractivity contribution in [2.24, 2.45) is 5.92 Å². The lowest BCUT2D eigenvalue weighted by Gasteiger charge is -2.48. The van der Waals surface area contributed by atoms with Gasteiger partial charge in [0, 0.05) is 28.9 Å². The van der Waals surface area contributed by atoms with E-state index in [4.69, 9.17) is 15.8 Å². The Labute approximate surface area is 263 Å². The van der Waals surface area contributed by atoms with Crippen LogP contribution in [0.5, 0.6) is 0 Å². The van der Waals surface area contributed by atoms with Gasteiger partial charge in [-0.2, -0.15) is 0 Å². The molecule has 216 valence electrons. The van der Waals surface area contributed by atoms with Gasteiger partial charge < -0.3 is 4.43 Å². The van der Waals surface area contributed by atoms with Crippen LogP contribution >= 0.6 is 27.3 Å². The van der Waals surface area contributed by atoms with Crippen LogP contribution in [0.25, 0.3) is 0 Å². The van der Waals surface area contributed by atoms with Crippen molar-refractivity contribution in [3.63, 3.8) is 0 Å². The molecule has 0 aliphatic heterocycles. The number of nitrogens with zero attached hydrogens (tertiary/aromatic N) is 2. The number of aromatic nitrogens is 1. The summed E-state index contributed by atoms with van der Waals surface area (Å²) in [6.07, 6.45) is 7.45. The van der Waals surface area contributed by atoms with Crippen LogP contribution < -0.4 is 15.3 Å². The van der Waals surface area contributed by atoms with Crippen LogP contribution in [-0.2, 0) is 14.6 Å². The highest BCUT2D eigenvalue weighted by molar-refractivity contribution is 9.10. The number of terminal acetylenes is 1. The summed E-state index contributed by atoms with van der Waals surface area (Å²) in [5.74, 6) is 2.91. The molecule has 42 heavy (non-hydrogen) atoms. The maximum atomic E-state index is 13.6. The van der Waals surface area contributed by atoms with Crippen LogP contribution in [0.4, 0.5) is 5.13 Å². The summed E-state index contributed by atoms with van der Waals surface area (Å²) in [6.45, 7) is 8.85. The summed E-state index contributed by atoms with van der Waals surface area (Å²) in [4.78, 5) is 20.2. The predicted molar refractivity (Wildman–Crippen MR) is 180 cm³/mol. The fraction of sp³-hybridized carbons (Fsp3) is 0.314. The molecule has 0 saturated heterocycles. The average molecular weight is 658 g/mol. The molecule has 0 bridgehead atoms. The predicted octanol–water partition coefficient (Wildman–Crippen LogP) is 7.16. The second-order valence-electron chi connectivity index (χ2n) is 12.3. The van der Waals surface area contributed by atoms with Crippen molar-refractivity contribution in [1.82, 2.24) is 4.98 Å². The minimum absolute atomic E-state index is 0.0210. The molecule has 5 rings (SSSR count). The normalized spacial score (nSPS) is 18.4. The van der Waals surface area contributed by atoms with E-state index in [0.717, 1.165) is 15.7 Å². The lowest BCUT2D eigenvalue weighted by molar-refractivity contribution is -0.127. The van der Waals surface area contributed by atoms with Crippen LogP contribution in [0.3, 0.4) is 0 Å². The van der Waals surface area contributed by atoms with Gasteiger partial charge in [-0.05, 0) is 52.9 Å². The smallest absolute Gasteiger partial charge is 0.261 e. The van der Waals surface area contributed by atoms with Crippen molar-refractivity contribution in [3.05, 3.63) is 106 Å². The average Bonchev–Trinajstić information content (AvgIpc) is 3.47. The third-order valence-electron chi connectivity index (χ3n) is 8.54. The van der Waals surface area contributed by atoms with Crippen molar-refractivity contribution in [1.29, 1.82) is 0 Å². The number of thiazole rings is 1. The summed E-state index contributed by atoms with van der Waals surface area (Å²) in [6, 6.07) is 29.3. The zero-order valence-corrected chi connectivity index (χ0v) is 28.2. The van der Waals surface area contributed by atoms with Crippen LogP contribution in [0.2, 0.25) is 5.04 Å². The Morgan fingerprint density at radius 3 is 2.02 bits per heavy atom. The lowest BCUT2D eigenvalue weighted by Crippen LogP contribution is -2.68. The molecule has 3 aromatic carbocycles. The molecule has 0 N–H and O–H groups in total. The molecule has 1 atom stereocenters. The Balaban J connectivity index is 1.33. The summed E-state index contributed by atoms with van der Waals surface area (Å²) in [7, 11) is -0.839. The van der Waals surface area contributed by atoms with E-state index < -0.39 is 13.7 Å². The van der Waals surface area contributed by atoms with E-state index >= 15 is 0 Å². The number of carbonyl (C=O) groups is 1. The maximum Gasteiger partial charge on any atom is 0.261 e. The molecular formula is C35H37BrN2O2SSi. The van der Waals surface area contributed by atoms with E-state index in [9.17, 15) is 4.79 Å². The minimum atomic E-state index is -2.65. The molecule has 0 radical (unpaired) electrons. The first-order valence-corrected chi connectivity index (χ1v) is 17.8. The Kier molecular flexibility index (Phi) is 8.64. The standard InChI is InChI=1S/C35H37BrN2O2SSi/c1-7-35(5,26-18-20-27(36)21-19-26)31-24-41-33(37-31)38(6)32(39)25-22-28(23-25)40-42(34(2,3)4,29-14-10-8-11-15-29)30-16-12-9-13-17-30/h1,8-21,24-25,28H,22-23H2,2-6H3. The van der Waals surface area contributed by atoms with E-state index in [-0.39, 0.29) is 23.0 Å². The van der Waals surface area contributed by atoms with E-state index in [2.05, 4.69) is 103 Å². The van der Waals surface area contributed by atoms with Gasteiger partial charge in [0.05, 0.1) is 11.1 Å². The van der Waals surface area contributed by atoms with E-state index in [1.807, 2.05) is 43.6 Å². The molecule has 1 unspecified atom stereocenters. The molecule has 1 aliphatic carbocycles. The lowest BCUT2D eigenvalue weighted by atomic mass is 9.81. The number of anilines is 1. The number of rotatable bonds is 8. The molecule has 1 heterocycles. The minimum Gasteiger partial charge on any atom is -0.404 e. The molecule has 4 aromatic rings. The fourth-order valence-corrected chi connectivity index (χ4v) is 11.8. The number of carbonyl (C=O) groups excluding carboxylic acids is 1. The highest BCUT2D eigenvalue weighted by Gasteiger charge is 2.53. The Bertz CT molecular complexity index is 1530. The largest absolute Gasteiger partial charge is 0.404 e. The molecule has 1 aromatic heterocycles. The van der Waals surface area contributed by atoms with Gasteiger partial charge in [-0.3, -0.25) is 9.69 Å². The molecule has 1 fully saturated rings. The first-order valence-electron chi connectivity index (χ1n) is 14.3. The van der Waals surface area contributed by atoms with Gasteiger partial charge in [-0.25, -0.2) is 4.98 Å². The van der Waals surface area contributed by atoms with Crippen molar-refractivity contribution in [3.8, 4) is 12.3 Å². The van der Waals surface area contributed by atoms with Gasteiger partial charge >= 0.3 is 0 Å². The van der Waals surface area contributed by atoms with Crippen molar-refractivity contribution >= 4 is 57.0 Å². The van der Waals surface area contributed by atoms with E-state index in [1.54, 1.807) is 4.90 Å². The summed E-state index contributed by atoms with van der Waals surface area (Å²) in [5.41, 5.74) is 1.07. The van der Waals surface area contributed by atoms with Gasteiger partial charge in [0.15, 0.2) is 5.13 Å². The quantitative estimate of drug-likeness (QED) is 0.149. The molecular weight excluding hydrogens is 620 g/mol. The van der Waals surface area contributed by atoms with Crippen LogP contribution in [0, 0.1) is 18.3 Å². The number of hydrogen-bond acceptors (Lipinski definition) is 4. The van der Waals surface area contributed by atoms with Crippen molar-refractivity contribution < 1.29 is 9.22 Å². The van der Waals surface area contributed by atoms with Crippen molar-refractivity contribution in [2.75, 3.05) is 11.9 Å². The highest BCUT2D eigenvalue weighted by atomic mass is 79.9. The number of benzene rings is 3. The molecule has 4 nitrogen and oxygen atoms in total. The number of amides is 1. The highest BCUT2D eigenvalue weighted by Crippen LogP contribution is 2.42. The van der Waals surface area contributed by atoms with Gasteiger partial charge in [0.2, 0.25) is 5.91 Å². The third-order valence-corrected chi connectivity index (χ3v) is 15.1. The molecule has 7 heteroatoms. The summed E-state index contributed by atoms with van der Waals surface area (Å²) >= 11 is 4.94. The topological polar surface area (TPSA) is 42.4 Å². The maximum absolute atomic E-state index is 13.6. The molecule has 1 aliphatic rings. The monoisotopic (exact) mass is 656 g/mol. The van der Waals surface area contributed by atoms with E-state index in [1.165, 1.54) is 21.7 Å². The van der Waals surface area contributed by atoms with Crippen LogP contribution in [-0.4, -0.2) is 32.4 Å². The second kappa shape index (κ2) is 11.9. The molecule has 1 saturated carbocycles. The number of halogens is 1. The SMILES string of the molecule is C#CC(C)(c1ccc(Br)cc1)c1csc(N(C)C(=O)C2CC(O[Si](c3ccccc3)(c3ccccc3)C(C)(C)C)C2)n1. The Morgan fingerprint density at radius 2 is 1.52 bits per heavy atom. The van der Waals surface area contributed by atoms with Gasteiger partial charge in [0.1, 0.15) is 0 Å². The summed E-state index contributed by atoms with van der Waals surface area (Å²) in [5, 5.41) is 5.04. The third kappa shape index (κ3) is 5.54. The van der Waals surface area contributed by atoms with Crippen LogP contribution in [0.1, 0.15) is 51.8 Å². The second-order valence-corrected chi connectivity index (χ2v) is 18.3. The molecule has 1 amide bonds. The Hall–Kier alpha value is -3.02. The van der Waals surface area contributed by atoms with Gasteiger partial charge in [-0.1, -0.05) is 115 Å². The zero-order chi connectivity index (χ0) is 30.1. The first kappa shape index (κ1) is 30.4. The van der Waals surface area contributed by atoms with E-state index in [0.29, 0.717) is 18.0 Å².